The predicted octanol–water partition coefficient (Wildman–Crippen LogP) is 3.69. The molecule has 0 bridgehead atoms. The number of nitrogens with zero attached hydrogens (tertiary/aromatic N) is 1. The molecule has 21 heavy (non-hydrogen) atoms. The molecule has 0 aromatic heterocycles. The molecule has 3 rings (SSSR count). The monoisotopic (exact) mass is 279 g/mol. The molecule has 0 N–H and O–H groups in total. The molecular formula is C19H21NO. The van der Waals surface area contributed by atoms with Gasteiger partial charge in [-0.2, -0.15) is 0 Å². The Labute approximate surface area is 126 Å². The molecule has 108 valence electrons. The van der Waals surface area contributed by atoms with Gasteiger partial charge < -0.3 is 0 Å². The number of rotatable bonds is 3. The van der Waals surface area contributed by atoms with Crippen LogP contribution in [0.5, 0.6) is 0 Å². The third kappa shape index (κ3) is 3.06. The average Bonchev–Trinajstić information content (AvgIpc) is 2.53. The number of benzene rings is 2. The van der Waals surface area contributed by atoms with E-state index in [1.807, 2.05) is 19.1 Å². The van der Waals surface area contributed by atoms with Crippen LogP contribution in [0, 0.1) is 5.92 Å². The van der Waals surface area contributed by atoms with Gasteiger partial charge in [0.15, 0.2) is 0 Å². The van der Waals surface area contributed by atoms with Crippen molar-refractivity contribution in [2.75, 3.05) is 13.1 Å². The first-order chi connectivity index (χ1) is 10.3. The van der Waals surface area contributed by atoms with Gasteiger partial charge in [0.25, 0.3) is 0 Å². The van der Waals surface area contributed by atoms with Crippen LogP contribution < -0.4 is 0 Å². The highest BCUT2D eigenvalue weighted by molar-refractivity contribution is 5.81. The summed E-state index contributed by atoms with van der Waals surface area (Å²) in [4.78, 5) is 14.2. The van der Waals surface area contributed by atoms with E-state index >= 15 is 0 Å². The summed E-state index contributed by atoms with van der Waals surface area (Å²) in [5, 5.41) is 0. The molecule has 2 nitrogen and oxygen atoms in total. The topological polar surface area (TPSA) is 20.3 Å². The maximum atomic E-state index is 11.8. The number of carbonyl (C=O) groups excluding carboxylic acids is 1. The second-order valence-corrected chi connectivity index (χ2v) is 5.84. The highest BCUT2D eigenvalue weighted by Gasteiger charge is 2.29. The third-order valence-corrected chi connectivity index (χ3v) is 4.30. The quantitative estimate of drug-likeness (QED) is 0.854. The van der Waals surface area contributed by atoms with Crippen LogP contribution in [0.25, 0.3) is 0 Å². The number of piperidine rings is 1. The summed E-state index contributed by atoms with van der Waals surface area (Å²) in [6.07, 6.45) is 0.664. The van der Waals surface area contributed by atoms with Crippen molar-refractivity contribution in [3.8, 4) is 0 Å². The first-order valence-electron chi connectivity index (χ1n) is 7.62. The average molecular weight is 279 g/mol. The minimum atomic E-state index is 0.133. The molecule has 2 heteroatoms. The molecule has 1 atom stereocenters. The molecule has 0 aliphatic carbocycles. The fourth-order valence-corrected chi connectivity index (χ4v) is 3.16. The summed E-state index contributed by atoms with van der Waals surface area (Å²) in [7, 11) is 0. The molecule has 1 aliphatic rings. The first kappa shape index (κ1) is 14.0. The molecular weight excluding hydrogens is 258 g/mol. The summed E-state index contributed by atoms with van der Waals surface area (Å²) in [6.45, 7) is 3.73. The molecule has 0 amide bonds. The van der Waals surface area contributed by atoms with Crippen LogP contribution in [-0.4, -0.2) is 23.8 Å². The van der Waals surface area contributed by atoms with Gasteiger partial charge in [0.2, 0.25) is 0 Å². The molecule has 0 radical (unpaired) electrons. The Kier molecular flexibility index (Phi) is 4.16. The van der Waals surface area contributed by atoms with E-state index in [4.69, 9.17) is 0 Å². The van der Waals surface area contributed by atoms with E-state index in [2.05, 4.69) is 53.4 Å². The first-order valence-corrected chi connectivity index (χ1v) is 7.62. The van der Waals surface area contributed by atoms with E-state index in [9.17, 15) is 4.79 Å². The zero-order chi connectivity index (χ0) is 14.7. The predicted molar refractivity (Wildman–Crippen MR) is 85.1 cm³/mol. The van der Waals surface area contributed by atoms with E-state index in [0.29, 0.717) is 12.2 Å². The van der Waals surface area contributed by atoms with Gasteiger partial charge >= 0.3 is 0 Å². The Morgan fingerprint density at radius 2 is 1.48 bits per heavy atom. The lowest BCUT2D eigenvalue weighted by Crippen LogP contribution is -2.42. The van der Waals surface area contributed by atoms with Crippen LogP contribution in [0.1, 0.15) is 30.5 Å². The Morgan fingerprint density at radius 3 is 1.95 bits per heavy atom. The Balaban J connectivity index is 1.95. The van der Waals surface area contributed by atoms with Crippen molar-refractivity contribution in [3.05, 3.63) is 71.8 Å². The molecule has 2 aromatic carbocycles. The second-order valence-electron chi connectivity index (χ2n) is 5.84. The van der Waals surface area contributed by atoms with Crippen LogP contribution in [0.2, 0.25) is 0 Å². The van der Waals surface area contributed by atoms with Crippen LogP contribution in [0.3, 0.4) is 0 Å². The molecule has 2 aromatic rings. The smallest absolute Gasteiger partial charge is 0.138 e. The molecule has 1 fully saturated rings. The molecule has 0 saturated carbocycles. The molecule has 1 unspecified atom stereocenters. The van der Waals surface area contributed by atoms with Gasteiger partial charge in [-0.05, 0) is 11.1 Å². The van der Waals surface area contributed by atoms with Gasteiger partial charge in [0, 0.05) is 25.4 Å². The number of hydrogen-bond acceptors (Lipinski definition) is 2. The van der Waals surface area contributed by atoms with E-state index in [-0.39, 0.29) is 12.0 Å². The van der Waals surface area contributed by atoms with E-state index in [1.54, 1.807) is 0 Å². The lowest BCUT2D eigenvalue weighted by Gasteiger charge is -2.37. The van der Waals surface area contributed by atoms with Gasteiger partial charge in [-0.3, -0.25) is 9.69 Å². The Bertz CT molecular complexity index is 554. The number of hydrogen-bond donors (Lipinski definition) is 0. The highest BCUT2D eigenvalue weighted by atomic mass is 16.1. The summed E-state index contributed by atoms with van der Waals surface area (Å²) < 4.78 is 0. The summed E-state index contributed by atoms with van der Waals surface area (Å²) in [5.41, 5.74) is 2.59. The van der Waals surface area contributed by atoms with Crippen molar-refractivity contribution >= 4 is 5.78 Å². The van der Waals surface area contributed by atoms with Crippen LogP contribution in [0.15, 0.2) is 60.7 Å². The number of likely N-dealkylation sites (tertiary alicyclic amines) is 1. The largest absolute Gasteiger partial charge is 0.299 e. The number of carbonyl (C=O) groups is 1. The Morgan fingerprint density at radius 1 is 0.952 bits per heavy atom. The van der Waals surface area contributed by atoms with Crippen molar-refractivity contribution in [1.82, 2.24) is 4.90 Å². The van der Waals surface area contributed by atoms with Gasteiger partial charge in [-0.15, -0.1) is 0 Å². The lowest BCUT2D eigenvalue weighted by atomic mass is 9.91. The van der Waals surface area contributed by atoms with Crippen molar-refractivity contribution in [2.45, 2.75) is 19.4 Å². The van der Waals surface area contributed by atoms with E-state index in [1.165, 1.54) is 11.1 Å². The fraction of sp³-hybridized carbons (Fsp3) is 0.316. The highest BCUT2D eigenvalue weighted by Crippen LogP contribution is 2.31. The standard InChI is InChI=1S/C19H21NO/c1-15-14-20(13-12-18(15)21)19(16-8-4-2-5-9-16)17-10-6-3-7-11-17/h2-11,15,19H,12-14H2,1H3. The van der Waals surface area contributed by atoms with Crippen molar-refractivity contribution in [3.63, 3.8) is 0 Å². The lowest BCUT2D eigenvalue weighted by molar-refractivity contribution is -0.126. The van der Waals surface area contributed by atoms with Gasteiger partial charge in [-0.1, -0.05) is 67.6 Å². The van der Waals surface area contributed by atoms with Crippen LogP contribution in [-0.2, 0) is 4.79 Å². The van der Waals surface area contributed by atoms with E-state index < -0.39 is 0 Å². The second kappa shape index (κ2) is 6.23. The summed E-state index contributed by atoms with van der Waals surface area (Å²) in [6, 6.07) is 21.4. The van der Waals surface area contributed by atoms with Gasteiger partial charge in [0.05, 0.1) is 6.04 Å². The molecule has 1 aliphatic heterocycles. The maximum Gasteiger partial charge on any atom is 0.138 e. The van der Waals surface area contributed by atoms with Crippen molar-refractivity contribution in [2.24, 2.45) is 5.92 Å². The third-order valence-electron chi connectivity index (χ3n) is 4.30. The molecule has 1 saturated heterocycles. The number of ketones is 1. The maximum absolute atomic E-state index is 11.8. The van der Waals surface area contributed by atoms with Gasteiger partial charge in [0.1, 0.15) is 5.78 Å². The molecule has 0 spiro atoms. The van der Waals surface area contributed by atoms with E-state index in [0.717, 1.165) is 13.1 Å². The summed E-state index contributed by atoms with van der Waals surface area (Å²) >= 11 is 0. The van der Waals surface area contributed by atoms with Crippen LogP contribution >= 0.6 is 0 Å². The zero-order valence-electron chi connectivity index (χ0n) is 12.4. The fourth-order valence-electron chi connectivity index (χ4n) is 3.16. The van der Waals surface area contributed by atoms with Crippen LogP contribution in [0.4, 0.5) is 0 Å². The minimum absolute atomic E-state index is 0.133. The SMILES string of the molecule is CC1CN(C(c2ccccc2)c2ccccc2)CCC1=O. The minimum Gasteiger partial charge on any atom is -0.299 e. The summed E-state index contributed by atoms with van der Waals surface area (Å²) in [5.74, 6) is 0.528. The van der Waals surface area contributed by atoms with Gasteiger partial charge in [-0.25, -0.2) is 0 Å². The molecule has 1 heterocycles. The van der Waals surface area contributed by atoms with Crippen molar-refractivity contribution < 1.29 is 4.79 Å². The van der Waals surface area contributed by atoms with Crippen molar-refractivity contribution in [1.29, 1.82) is 0 Å². The normalized spacial score (nSPS) is 19.9. The zero-order valence-corrected chi connectivity index (χ0v) is 12.4. The Hall–Kier alpha value is -1.93. The number of Topliss-reactive ketones (excluding diaryl/α,β-unsaturated/α-hetero) is 1.